The highest BCUT2D eigenvalue weighted by Crippen LogP contribution is 2.47. The van der Waals surface area contributed by atoms with Crippen LogP contribution in [0.5, 0.6) is 0 Å². The standard InChI is InChI=1S/C5H5F8N/c6-1-2(14)3(7,8)4(9,10)5(11,12)13/h2H,1,14H2/t2-/m0/s1. The van der Waals surface area contributed by atoms with E-state index >= 15 is 0 Å². The summed E-state index contributed by atoms with van der Waals surface area (Å²) in [6.45, 7) is -2.18. The van der Waals surface area contributed by atoms with Crippen molar-refractivity contribution in [3.05, 3.63) is 0 Å². The van der Waals surface area contributed by atoms with Crippen LogP contribution >= 0.6 is 0 Å². The van der Waals surface area contributed by atoms with Gasteiger partial charge in [-0.05, 0) is 0 Å². The van der Waals surface area contributed by atoms with Gasteiger partial charge in [0, 0.05) is 0 Å². The molecule has 0 unspecified atom stereocenters. The average Bonchev–Trinajstić information content (AvgIpc) is 2.00. The molecule has 0 aliphatic carbocycles. The molecule has 0 heterocycles. The molecule has 0 bridgehead atoms. The van der Waals surface area contributed by atoms with Gasteiger partial charge in [0.05, 0.1) is 0 Å². The maximum atomic E-state index is 12.3. The quantitative estimate of drug-likeness (QED) is 0.739. The molecule has 0 rings (SSSR count). The normalized spacial score (nSPS) is 16.9. The zero-order valence-corrected chi connectivity index (χ0v) is 6.39. The fourth-order valence-corrected chi connectivity index (χ4v) is 0.519. The first-order valence-electron chi connectivity index (χ1n) is 3.12. The van der Waals surface area contributed by atoms with E-state index in [1.807, 2.05) is 0 Å². The Bertz CT molecular complexity index is 196. The smallest absolute Gasteiger partial charge is 0.320 e. The largest absolute Gasteiger partial charge is 0.459 e. The van der Waals surface area contributed by atoms with Crippen molar-refractivity contribution in [1.82, 2.24) is 0 Å². The lowest BCUT2D eigenvalue weighted by molar-refractivity contribution is -0.358. The summed E-state index contributed by atoms with van der Waals surface area (Å²) in [4.78, 5) is 0. The Kier molecular flexibility index (Phi) is 3.37. The fourth-order valence-electron chi connectivity index (χ4n) is 0.519. The van der Waals surface area contributed by atoms with Crippen molar-refractivity contribution >= 4 is 0 Å². The summed E-state index contributed by atoms with van der Waals surface area (Å²) >= 11 is 0. The second-order valence-corrected chi connectivity index (χ2v) is 2.46. The fraction of sp³-hybridized carbons (Fsp3) is 1.00. The maximum Gasteiger partial charge on any atom is 0.459 e. The number of hydrogen-bond acceptors (Lipinski definition) is 1. The van der Waals surface area contributed by atoms with Crippen molar-refractivity contribution < 1.29 is 35.1 Å². The van der Waals surface area contributed by atoms with E-state index in [2.05, 4.69) is 5.73 Å². The van der Waals surface area contributed by atoms with Crippen LogP contribution in [-0.2, 0) is 0 Å². The predicted octanol–water partition coefficient (Wildman–Crippen LogP) is 2.12. The van der Waals surface area contributed by atoms with Crippen LogP contribution in [-0.4, -0.2) is 30.7 Å². The van der Waals surface area contributed by atoms with E-state index in [1.54, 1.807) is 0 Å². The van der Waals surface area contributed by atoms with Crippen LogP contribution in [0.3, 0.4) is 0 Å². The first-order valence-corrected chi connectivity index (χ1v) is 3.12. The van der Waals surface area contributed by atoms with Gasteiger partial charge in [0.15, 0.2) is 0 Å². The number of alkyl halides is 8. The summed E-state index contributed by atoms with van der Waals surface area (Å²) in [5.74, 6) is -12.0. The summed E-state index contributed by atoms with van der Waals surface area (Å²) in [5.41, 5.74) is 4.13. The summed E-state index contributed by atoms with van der Waals surface area (Å²) in [6.07, 6.45) is -6.47. The van der Waals surface area contributed by atoms with E-state index in [0.717, 1.165) is 0 Å². The van der Waals surface area contributed by atoms with Crippen molar-refractivity contribution in [1.29, 1.82) is 0 Å². The number of nitrogens with two attached hydrogens (primary N) is 1. The SMILES string of the molecule is N[C@@H](CF)C(F)(F)C(F)(F)C(F)(F)F. The Morgan fingerprint density at radius 1 is 0.929 bits per heavy atom. The molecule has 0 radical (unpaired) electrons. The lowest BCUT2D eigenvalue weighted by atomic mass is 10.0. The van der Waals surface area contributed by atoms with Gasteiger partial charge in [0.25, 0.3) is 0 Å². The van der Waals surface area contributed by atoms with Gasteiger partial charge in [0.2, 0.25) is 0 Å². The van der Waals surface area contributed by atoms with E-state index in [9.17, 15) is 35.1 Å². The highest BCUT2D eigenvalue weighted by molar-refractivity contribution is 4.97. The summed E-state index contributed by atoms with van der Waals surface area (Å²) in [6, 6.07) is -3.20. The Hall–Kier alpha value is -0.600. The van der Waals surface area contributed by atoms with Crippen molar-refractivity contribution in [2.75, 3.05) is 6.67 Å². The van der Waals surface area contributed by atoms with Crippen LogP contribution in [0.4, 0.5) is 35.1 Å². The molecule has 2 N–H and O–H groups in total. The molecule has 0 aromatic rings. The predicted molar refractivity (Wildman–Crippen MR) is 29.9 cm³/mol. The molecule has 0 saturated carbocycles. The lowest BCUT2D eigenvalue weighted by Gasteiger charge is -2.30. The van der Waals surface area contributed by atoms with Gasteiger partial charge >= 0.3 is 18.0 Å². The van der Waals surface area contributed by atoms with Gasteiger partial charge in [-0.15, -0.1) is 0 Å². The molecule has 0 fully saturated rings. The monoisotopic (exact) mass is 231 g/mol. The van der Waals surface area contributed by atoms with E-state index in [0.29, 0.717) is 0 Å². The summed E-state index contributed by atoms with van der Waals surface area (Å²) in [5, 5.41) is 0. The van der Waals surface area contributed by atoms with Gasteiger partial charge in [-0.2, -0.15) is 30.7 Å². The first-order chi connectivity index (χ1) is 5.98. The van der Waals surface area contributed by atoms with Crippen molar-refractivity contribution in [2.24, 2.45) is 5.73 Å². The van der Waals surface area contributed by atoms with Gasteiger partial charge < -0.3 is 5.73 Å². The van der Waals surface area contributed by atoms with Crippen LogP contribution in [0.1, 0.15) is 0 Å². The Morgan fingerprint density at radius 2 is 1.29 bits per heavy atom. The molecule has 0 aliphatic rings. The molecule has 0 spiro atoms. The molecule has 0 saturated heterocycles. The maximum absolute atomic E-state index is 12.3. The van der Waals surface area contributed by atoms with Crippen LogP contribution in [0, 0.1) is 0 Å². The van der Waals surface area contributed by atoms with Crippen LogP contribution < -0.4 is 5.73 Å². The minimum Gasteiger partial charge on any atom is -0.320 e. The van der Waals surface area contributed by atoms with Gasteiger partial charge in [-0.1, -0.05) is 0 Å². The third kappa shape index (κ3) is 1.91. The number of rotatable bonds is 3. The topological polar surface area (TPSA) is 26.0 Å². The lowest BCUT2D eigenvalue weighted by Crippen LogP contribution is -2.61. The van der Waals surface area contributed by atoms with E-state index in [1.165, 1.54) is 0 Å². The Morgan fingerprint density at radius 3 is 1.50 bits per heavy atom. The van der Waals surface area contributed by atoms with Crippen molar-refractivity contribution in [3.8, 4) is 0 Å². The molecule has 14 heavy (non-hydrogen) atoms. The molecule has 1 nitrogen and oxygen atoms in total. The average molecular weight is 231 g/mol. The molecular formula is C5H5F8N. The second-order valence-electron chi connectivity index (χ2n) is 2.46. The van der Waals surface area contributed by atoms with Gasteiger partial charge in [0.1, 0.15) is 12.7 Å². The van der Waals surface area contributed by atoms with E-state index in [4.69, 9.17) is 0 Å². The minimum atomic E-state index is -6.47. The number of halogens is 8. The number of hydrogen-bond donors (Lipinski definition) is 1. The molecule has 0 amide bonds. The zero-order chi connectivity index (χ0) is 11.8. The van der Waals surface area contributed by atoms with Crippen LogP contribution in [0.15, 0.2) is 0 Å². The van der Waals surface area contributed by atoms with Crippen molar-refractivity contribution in [3.63, 3.8) is 0 Å². The highest BCUT2D eigenvalue weighted by Gasteiger charge is 2.74. The molecule has 0 aromatic carbocycles. The third-order valence-electron chi connectivity index (χ3n) is 1.41. The first kappa shape index (κ1) is 13.4. The molecule has 0 aromatic heterocycles. The van der Waals surface area contributed by atoms with Gasteiger partial charge in [-0.3, -0.25) is 0 Å². The molecule has 1 atom stereocenters. The van der Waals surface area contributed by atoms with Crippen molar-refractivity contribution in [2.45, 2.75) is 24.1 Å². The summed E-state index contributed by atoms with van der Waals surface area (Å²) < 4.78 is 94.3. The molecule has 0 aliphatic heterocycles. The zero-order valence-electron chi connectivity index (χ0n) is 6.39. The highest BCUT2D eigenvalue weighted by atomic mass is 19.4. The van der Waals surface area contributed by atoms with E-state index < -0.39 is 30.7 Å². The second kappa shape index (κ2) is 3.52. The Labute approximate surface area is 72.9 Å². The van der Waals surface area contributed by atoms with Gasteiger partial charge in [-0.25, -0.2) is 4.39 Å². The molecular weight excluding hydrogens is 226 g/mol. The molecule has 86 valence electrons. The minimum absolute atomic E-state index is 2.18. The summed E-state index contributed by atoms with van der Waals surface area (Å²) in [7, 11) is 0. The van der Waals surface area contributed by atoms with E-state index in [-0.39, 0.29) is 0 Å². The molecule has 9 heteroatoms. The van der Waals surface area contributed by atoms with Crippen LogP contribution in [0.2, 0.25) is 0 Å². The third-order valence-corrected chi connectivity index (χ3v) is 1.41. The Balaban J connectivity index is 5.07. The van der Waals surface area contributed by atoms with Crippen LogP contribution in [0.25, 0.3) is 0 Å².